The standard InChI is InChI=1S/C21H24N4OS/c1-3-24-18-8-5-4-7-17(18)23-20(24)19-9-6-14-25(19)21(26)22-15-10-12-16(27-2)13-11-15/h4-5,7-8,10-13,19H,3,6,9,14H2,1-2H3,(H,22,26)/t19-/m1/s1. The van der Waals surface area contributed by atoms with Crippen LogP contribution < -0.4 is 5.32 Å². The maximum absolute atomic E-state index is 12.9. The lowest BCUT2D eigenvalue weighted by Gasteiger charge is -2.25. The summed E-state index contributed by atoms with van der Waals surface area (Å²) in [6.07, 6.45) is 3.99. The SMILES string of the molecule is CCn1c([C@H]2CCCN2C(=O)Nc2ccc(SC)cc2)nc2ccccc21. The predicted octanol–water partition coefficient (Wildman–Crippen LogP) is 5.15. The maximum Gasteiger partial charge on any atom is 0.322 e. The highest BCUT2D eigenvalue weighted by molar-refractivity contribution is 7.98. The molecule has 2 amide bonds. The van der Waals surface area contributed by atoms with E-state index in [1.54, 1.807) is 11.8 Å². The molecule has 1 atom stereocenters. The van der Waals surface area contributed by atoms with Gasteiger partial charge in [-0.3, -0.25) is 0 Å². The summed E-state index contributed by atoms with van der Waals surface area (Å²) >= 11 is 1.69. The van der Waals surface area contributed by atoms with E-state index in [1.165, 1.54) is 4.90 Å². The van der Waals surface area contributed by atoms with Gasteiger partial charge in [-0.05, 0) is 62.4 Å². The average molecular weight is 381 g/mol. The Morgan fingerprint density at radius 1 is 1.22 bits per heavy atom. The number of para-hydroxylation sites is 2. The van der Waals surface area contributed by atoms with Crippen LogP contribution in [-0.2, 0) is 6.54 Å². The molecule has 4 rings (SSSR count). The number of aryl methyl sites for hydroxylation is 1. The van der Waals surface area contributed by atoms with E-state index >= 15 is 0 Å². The summed E-state index contributed by atoms with van der Waals surface area (Å²) in [5, 5.41) is 3.05. The van der Waals surface area contributed by atoms with Gasteiger partial charge in [0.2, 0.25) is 0 Å². The number of hydrogen-bond donors (Lipinski definition) is 1. The second-order valence-corrected chi connectivity index (χ2v) is 7.59. The highest BCUT2D eigenvalue weighted by atomic mass is 32.2. The minimum atomic E-state index is -0.0517. The van der Waals surface area contributed by atoms with Crippen LogP contribution in [-0.4, -0.2) is 33.3 Å². The molecule has 1 aliphatic rings. The van der Waals surface area contributed by atoms with Gasteiger partial charge >= 0.3 is 6.03 Å². The molecule has 2 heterocycles. The fourth-order valence-electron chi connectivity index (χ4n) is 3.83. The van der Waals surface area contributed by atoms with Crippen LogP contribution in [0.2, 0.25) is 0 Å². The van der Waals surface area contributed by atoms with Crippen molar-refractivity contribution in [3.8, 4) is 0 Å². The molecule has 0 radical (unpaired) electrons. The fraction of sp³-hybridized carbons (Fsp3) is 0.333. The molecule has 0 unspecified atom stereocenters. The topological polar surface area (TPSA) is 50.2 Å². The zero-order chi connectivity index (χ0) is 18.8. The number of rotatable bonds is 4. The summed E-state index contributed by atoms with van der Waals surface area (Å²) in [5.41, 5.74) is 2.96. The van der Waals surface area contributed by atoms with Gasteiger partial charge in [0.05, 0.1) is 17.1 Å². The molecule has 1 aliphatic heterocycles. The number of thioether (sulfide) groups is 1. The van der Waals surface area contributed by atoms with E-state index < -0.39 is 0 Å². The first-order valence-corrected chi connectivity index (χ1v) is 10.6. The van der Waals surface area contributed by atoms with Crippen LogP contribution >= 0.6 is 11.8 Å². The average Bonchev–Trinajstić information content (AvgIpc) is 3.32. The molecular formula is C21H24N4OS. The number of nitrogens with zero attached hydrogens (tertiary/aromatic N) is 3. The lowest BCUT2D eigenvalue weighted by atomic mass is 10.2. The van der Waals surface area contributed by atoms with Crippen molar-refractivity contribution in [2.45, 2.75) is 37.2 Å². The summed E-state index contributed by atoms with van der Waals surface area (Å²) in [5.74, 6) is 0.990. The third-order valence-corrected chi connectivity index (χ3v) is 5.90. The van der Waals surface area contributed by atoms with Crippen LogP contribution in [0.3, 0.4) is 0 Å². The van der Waals surface area contributed by atoms with Crippen molar-refractivity contribution in [3.05, 3.63) is 54.4 Å². The van der Waals surface area contributed by atoms with E-state index in [0.29, 0.717) is 0 Å². The van der Waals surface area contributed by atoms with Gasteiger partial charge in [-0.15, -0.1) is 11.8 Å². The largest absolute Gasteiger partial charge is 0.327 e. The normalized spacial score (nSPS) is 16.8. The number of imidazole rings is 1. The van der Waals surface area contributed by atoms with Gasteiger partial charge in [0.15, 0.2) is 0 Å². The van der Waals surface area contributed by atoms with Crippen molar-refractivity contribution < 1.29 is 4.79 Å². The molecule has 0 bridgehead atoms. The molecule has 1 saturated heterocycles. The molecule has 0 aliphatic carbocycles. The van der Waals surface area contributed by atoms with Crippen molar-refractivity contribution in [2.24, 2.45) is 0 Å². The minimum absolute atomic E-state index is 0.0165. The lowest BCUT2D eigenvalue weighted by molar-refractivity contribution is 0.204. The number of aromatic nitrogens is 2. The Balaban J connectivity index is 1.59. The molecule has 1 aromatic heterocycles. The van der Waals surface area contributed by atoms with Crippen LogP contribution in [0.5, 0.6) is 0 Å². The van der Waals surface area contributed by atoms with Gasteiger partial charge < -0.3 is 14.8 Å². The fourth-order valence-corrected chi connectivity index (χ4v) is 4.24. The van der Waals surface area contributed by atoms with Crippen molar-refractivity contribution in [1.82, 2.24) is 14.5 Å². The zero-order valence-corrected chi connectivity index (χ0v) is 16.5. The number of benzene rings is 2. The molecule has 6 heteroatoms. The minimum Gasteiger partial charge on any atom is -0.327 e. The second kappa shape index (κ2) is 7.64. The van der Waals surface area contributed by atoms with Gasteiger partial charge in [-0.2, -0.15) is 0 Å². The molecule has 0 saturated carbocycles. The van der Waals surface area contributed by atoms with Crippen molar-refractivity contribution >= 4 is 34.5 Å². The van der Waals surface area contributed by atoms with Gasteiger partial charge in [0.1, 0.15) is 5.82 Å². The summed E-state index contributed by atoms with van der Waals surface area (Å²) in [7, 11) is 0. The molecule has 1 fully saturated rings. The van der Waals surface area contributed by atoms with Crippen molar-refractivity contribution in [3.63, 3.8) is 0 Å². The summed E-state index contributed by atoms with van der Waals surface area (Å²) in [4.78, 5) is 20.9. The monoisotopic (exact) mass is 380 g/mol. The summed E-state index contributed by atoms with van der Waals surface area (Å²) in [6, 6.07) is 16.1. The molecule has 140 valence electrons. The molecule has 27 heavy (non-hydrogen) atoms. The van der Waals surface area contributed by atoms with E-state index in [4.69, 9.17) is 4.98 Å². The summed E-state index contributed by atoms with van der Waals surface area (Å²) in [6.45, 7) is 3.73. The number of likely N-dealkylation sites (tertiary alicyclic amines) is 1. The Hall–Kier alpha value is -2.47. The van der Waals surface area contributed by atoms with E-state index in [-0.39, 0.29) is 12.1 Å². The Morgan fingerprint density at radius 2 is 2.00 bits per heavy atom. The predicted molar refractivity (Wildman–Crippen MR) is 111 cm³/mol. The van der Waals surface area contributed by atoms with Crippen LogP contribution in [0, 0.1) is 0 Å². The molecule has 5 nitrogen and oxygen atoms in total. The first-order valence-electron chi connectivity index (χ1n) is 9.38. The third-order valence-electron chi connectivity index (χ3n) is 5.15. The number of carbonyl (C=O) groups excluding carboxylic acids is 1. The number of fused-ring (bicyclic) bond motifs is 1. The zero-order valence-electron chi connectivity index (χ0n) is 15.7. The second-order valence-electron chi connectivity index (χ2n) is 6.71. The molecule has 1 N–H and O–H groups in total. The van der Waals surface area contributed by atoms with E-state index in [0.717, 1.165) is 48.5 Å². The van der Waals surface area contributed by atoms with Gasteiger partial charge in [-0.1, -0.05) is 12.1 Å². The molecule has 0 spiro atoms. The molecular weight excluding hydrogens is 356 g/mol. The highest BCUT2D eigenvalue weighted by Gasteiger charge is 2.33. The Labute approximate surface area is 163 Å². The van der Waals surface area contributed by atoms with Crippen LogP contribution in [0.15, 0.2) is 53.4 Å². The first kappa shape index (κ1) is 17.9. The van der Waals surface area contributed by atoms with E-state index in [2.05, 4.69) is 22.9 Å². The first-order chi connectivity index (χ1) is 13.2. The number of hydrogen-bond acceptors (Lipinski definition) is 3. The lowest BCUT2D eigenvalue weighted by Crippen LogP contribution is -2.35. The van der Waals surface area contributed by atoms with Crippen LogP contribution in [0.4, 0.5) is 10.5 Å². The summed E-state index contributed by atoms with van der Waals surface area (Å²) < 4.78 is 2.23. The Kier molecular flexibility index (Phi) is 5.07. The number of nitrogens with one attached hydrogen (secondary N) is 1. The maximum atomic E-state index is 12.9. The quantitative estimate of drug-likeness (QED) is 0.637. The number of anilines is 1. The van der Waals surface area contributed by atoms with E-state index in [9.17, 15) is 4.79 Å². The smallest absolute Gasteiger partial charge is 0.322 e. The number of amides is 2. The van der Waals surface area contributed by atoms with E-state index in [1.807, 2.05) is 53.6 Å². The number of urea groups is 1. The third kappa shape index (κ3) is 3.41. The number of carbonyl (C=O) groups is 1. The molecule has 3 aromatic rings. The van der Waals surface area contributed by atoms with Crippen LogP contribution in [0.1, 0.15) is 31.6 Å². The highest BCUT2D eigenvalue weighted by Crippen LogP contribution is 2.34. The van der Waals surface area contributed by atoms with Gasteiger partial charge in [0, 0.05) is 23.7 Å². The Morgan fingerprint density at radius 3 is 2.74 bits per heavy atom. The van der Waals surface area contributed by atoms with Crippen molar-refractivity contribution in [2.75, 3.05) is 18.1 Å². The molecule has 2 aromatic carbocycles. The Bertz CT molecular complexity index is 950. The van der Waals surface area contributed by atoms with Gasteiger partial charge in [-0.25, -0.2) is 9.78 Å². The van der Waals surface area contributed by atoms with Gasteiger partial charge in [0.25, 0.3) is 0 Å². The van der Waals surface area contributed by atoms with Crippen molar-refractivity contribution in [1.29, 1.82) is 0 Å². The van der Waals surface area contributed by atoms with Crippen LogP contribution in [0.25, 0.3) is 11.0 Å².